The summed E-state index contributed by atoms with van der Waals surface area (Å²) in [5.41, 5.74) is 1.01. The monoisotopic (exact) mass is 253 g/mol. The molecule has 0 aromatic carbocycles. The van der Waals surface area contributed by atoms with Gasteiger partial charge in [0.05, 0.1) is 0 Å². The van der Waals surface area contributed by atoms with Crippen LogP contribution in [-0.4, -0.2) is 22.6 Å². The zero-order valence-corrected chi connectivity index (χ0v) is 11.6. The molecular formula is C13H20ClN3. The molecule has 0 N–H and O–H groups in total. The average Bonchev–Trinajstić information content (AvgIpc) is 3.10. The second-order valence-electron chi connectivity index (χ2n) is 4.65. The van der Waals surface area contributed by atoms with E-state index in [0.717, 1.165) is 36.6 Å². The molecule has 17 heavy (non-hydrogen) atoms. The number of hydrogen-bond acceptors (Lipinski definition) is 3. The molecule has 94 valence electrons. The highest BCUT2D eigenvalue weighted by Gasteiger charge is 2.30. The summed E-state index contributed by atoms with van der Waals surface area (Å²) in [5, 5.41) is 0.609. The highest BCUT2D eigenvalue weighted by molar-refractivity contribution is 6.30. The van der Waals surface area contributed by atoms with Gasteiger partial charge in [-0.3, -0.25) is 0 Å². The van der Waals surface area contributed by atoms with Gasteiger partial charge in [-0.25, -0.2) is 9.97 Å². The lowest BCUT2D eigenvalue weighted by Crippen LogP contribution is -2.27. The summed E-state index contributed by atoms with van der Waals surface area (Å²) in [6, 6.07) is 0.666. The van der Waals surface area contributed by atoms with Gasteiger partial charge in [-0.05, 0) is 33.1 Å². The number of hydrogen-bond donors (Lipinski definition) is 0. The summed E-state index contributed by atoms with van der Waals surface area (Å²) in [4.78, 5) is 11.4. The molecule has 0 atom stereocenters. The lowest BCUT2D eigenvalue weighted by molar-refractivity contribution is 0.770. The molecule has 1 aliphatic carbocycles. The van der Waals surface area contributed by atoms with Gasteiger partial charge in [-0.15, -0.1) is 0 Å². The van der Waals surface area contributed by atoms with Gasteiger partial charge in [0.2, 0.25) is 0 Å². The van der Waals surface area contributed by atoms with Crippen LogP contribution in [0.3, 0.4) is 0 Å². The van der Waals surface area contributed by atoms with Gasteiger partial charge in [-0.2, -0.15) is 0 Å². The molecule has 0 amide bonds. The van der Waals surface area contributed by atoms with E-state index in [1.54, 1.807) is 0 Å². The average molecular weight is 254 g/mol. The lowest BCUT2D eigenvalue weighted by Gasteiger charge is -2.24. The van der Waals surface area contributed by atoms with E-state index in [0.29, 0.717) is 11.2 Å². The van der Waals surface area contributed by atoms with Gasteiger partial charge in [0.15, 0.2) is 0 Å². The fraction of sp³-hybridized carbons (Fsp3) is 0.692. The van der Waals surface area contributed by atoms with E-state index in [-0.39, 0.29) is 0 Å². The van der Waals surface area contributed by atoms with E-state index in [4.69, 9.17) is 11.6 Å². The van der Waals surface area contributed by atoms with Crippen molar-refractivity contribution < 1.29 is 0 Å². The number of rotatable bonds is 5. The maximum Gasteiger partial charge on any atom is 0.137 e. The van der Waals surface area contributed by atoms with Crippen LogP contribution in [0.5, 0.6) is 0 Å². The molecule has 0 spiro atoms. The molecule has 1 heterocycles. The van der Waals surface area contributed by atoms with Crippen LogP contribution >= 0.6 is 11.6 Å². The van der Waals surface area contributed by atoms with Crippen molar-refractivity contribution in [3.8, 4) is 0 Å². The number of halogens is 1. The van der Waals surface area contributed by atoms with Gasteiger partial charge >= 0.3 is 0 Å². The molecule has 2 rings (SSSR count). The van der Waals surface area contributed by atoms with Crippen molar-refractivity contribution in [2.75, 3.05) is 11.4 Å². The Morgan fingerprint density at radius 3 is 2.53 bits per heavy atom. The van der Waals surface area contributed by atoms with Crippen molar-refractivity contribution in [2.24, 2.45) is 0 Å². The Bertz CT molecular complexity index is 402. The third-order valence-electron chi connectivity index (χ3n) is 3.18. The van der Waals surface area contributed by atoms with Crippen LogP contribution in [0.25, 0.3) is 0 Å². The smallest absolute Gasteiger partial charge is 0.137 e. The first-order chi connectivity index (χ1) is 8.17. The Kier molecular flexibility index (Phi) is 3.87. The predicted octanol–water partition coefficient (Wildman–Crippen LogP) is 3.38. The minimum atomic E-state index is 0.609. The summed E-state index contributed by atoms with van der Waals surface area (Å²) < 4.78 is 0. The molecular weight excluding hydrogens is 234 g/mol. The van der Waals surface area contributed by atoms with Crippen molar-refractivity contribution in [2.45, 2.75) is 52.5 Å². The summed E-state index contributed by atoms with van der Waals surface area (Å²) in [5.74, 6) is 1.91. The Balaban J connectivity index is 2.35. The first-order valence-electron chi connectivity index (χ1n) is 6.47. The third-order valence-corrected chi connectivity index (χ3v) is 3.55. The number of anilines is 1. The lowest BCUT2D eigenvalue weighted by atomic mass is 10.2. The number of aromatic nitrogens is 2. The molecule has 1 aromatic rings. The fourth-order valence-corrected chi connectivity index (χ4v) is 2.28. The van der Waals surface area contributed by atoms with Gasteiger partial charge in [0.25, 0.3) is 0 Å². The molecule has 1 saturated carbocycles. The standard InChI is InChI=1S/C13H20ClN3/c1-4-6-11-15-12(14)9(3)13(16-11)17(5-2)10-7-8-10/h10H,4-8H2,1-3H3. The first kappa shape index (κ1) is 12.6. The summed E-state index contributed by atoms with van der Waals surface area (Å²) in [6.07, 6.45) is 4.50. The molecule has 1 fully saturated rings. The summed E-state index contributed by atoms with van der Waals surface area (Å²) >= 11 is 6.20. The van der Waals surface area contributed by atoms with Crippen LogP contribution in [0.1, 0.15) is 44.5 Å². The maximum absolute atomic E-state index is 6.20. The molecule has 1 aliphatic rings. The SMILES string of the molecule is CCCc1nc(Cl)c(C)c(N(CC)C2CC2)n1. The minimum absolute atomic E-state index is 0.609. The van der Waals surface area contributed by atoms with Crippen molar-refractivity contribution in [1.82, 2.24) is 9.97 Å². The van der Waals surface area contributed by atoms with Crippen molar-refractivity contribution >= 4 is 17.4 Å². The summed E-state index contributed by atoms with van der Waals surface area (Å²) in [7, 11) is 0. The molecule has 0 unspecified atom stereocenters. The molecule has 0 aliphatic heterocycles. The normalized spacial score (nSPS) is 15.1. The third kappa shape index (κ3) is 2.71. The predicted molar refractivity (Wildman–Crippen MR) is 71.8 cm³/mol. The van der Waals surface area contributed by atoms with E-state index in [1.807, 2.05) is 6.92 Å². The van der Waals surface area contributed by atoms with E-state index in [9.17, 15) is 0 Å². The van der Waals surface area contributed by atoms with Gasteiger partial charge in [0.1, 0.15) is 16.8 Å². The number of nitrogens with zero attached hydrogens (tertiary/aromatic N) is 3. The van der Waals surface area contributed by atoms with Crippen molar-refractivity contribution in [1.29, 1.82) is 0 Å². The Labute approximate surface area is 108 Å². The zero-order valence-electron chi connectivity index (χ0n) is 10.8. The topological polar surface area (TPSA) is 29.0 Å². The second kappa shape index (κ2) is 5.21. The van der Waals surface area contributed by atoms with Gasteiger partial charge in [-0.1, -0.05) is 18.5 Å². The van der Waals surface area contributed by atoms with Crippen LogP contribution in [0.4, 0.5) is 5.82 Å². The highest BCUT2D eigenvalue weighted by atomic mass is 35.5. The largest absolute Gasteiger partial charge is 0.354 e. The van der Waals surface area contributed by atoms with Crippen LogP contribution < -0.4 is 4.90 Å². The van der Waals surface area contributed by atoms with Crippen molar-refractivity contribution in [3.63, 3.8) is 0 Å². The van der Waals surface area contributed by atoms with Gasteiger partial charge < -0.3 is 4.90 Å². The second-order valence-corrected chi connectivity index (χ2v) is 5.00. The number of aryl methyl sites for hydroxylation is 1. The van der Waals surface area contributed by atoms with E-state index < -0.39 is 0 Å². The maximum atomic E-state index is 6.20. The van der Waals surface area contributed by atoms with Crippen LogP contribution in [-0.2, 0) is 6.42 Å². The molecule has 1 aromatic heterocycles. The van der Waals surface area contributed by atoms with Crippen LogP contribution in [0.15, 0.2) is 0 Å². The van der Waals surface area contributed by atoms with Crippen LogP contribution in [0, 0.1) is 6.92 Å². The minimum Gasteiger partial charge on any atom is -0.354 e. The van der Waals surface area contributed by atoms with E-state index >= 15 is 0 Å². The Hall–Kier alpha value is -0.830. The first-order valence-corrected chi connectivity index (χ1v) is 6.84. The van der Waals surface area contributed by atoms with E-state index in [2.05, 4.69) is 28.7 Å². The van der Waals surface area contributed by atoms with Crippen LogP contribution in [0.2, 0.25) is 5.15 Å². The summed E-state index contributed by atoms with van der Waals surface area (Å²) in [6.45, 7) is 7.31. The molecule has 0 radical (unpaired) electrons. The highest BCUT2D eigenvalue weighted by Crippen LogP contribution is 2.33. The Morgan fingerprint density at radius 1 is 1.29 bits per heavy atom. The Morgan fingerprint density at radius 2 is 2.00 bits per heavy atom. The quantitative estimate of drug-likeness (QED) is 0.754. The zero-order chi connectivity index (χ0) is 12.4. The fourth-order valence-electron chi connectivity index (χ4n) is 2.10. The molecule has 0 bridgehead atoms. The van der Waals surface area contributed by atoms with Crippen molar-refractivity contribution in [3.05, 3.63) is 16.5 Å². The van der Waals surface area contributed by atoms with E-state index in [1.165, 1.54) is 12.8 Å². The molecule has 0 saturated heterocycles. The molecule has 3 nitrogen and oxygen atoms in total. The molecule has 4 heteroatoms. The van der Waals surface area contributed by atoms with Gasteiger partial charge in [0, 0.05) is 24.6 Å².